The summed E-state index contributed by atoms with van der Waals surface area (Å²) in [5.74, 6) is 0.144. The summed E-state index contributed by atoms with van der Waals surface area (Å²) < 4.78 is 2.44. The number of nitrogens with one attached hydrogen (secondary N) is 2. The van der Waals surface area contributed by atoms with Gasteiger partial charge in [-0.3, -0.25) is 4.57 Å². The van der Waals surface area contributed by atoms with E-state index in [4.69, 9.17) is 0 Å². The van der Waals surface area contributed by atoms with E-state index in [1.807, 2.05) is 24.3 Å². The van der Waals surface area contributed by atoms with E-state index in [0.29, 0.717) is 5.56 Å². The summed E-state index contributed by atoms with van der Waals surface area (Å²) in [7, 11) is 1.69. The third kappa shape index (κ3) is 1.74. The highest BCUT2D eigenvalue weighted by atomic mass is 79.9. The maximum Gasteiger partial charge on any atom is 0.202 e. The molecule has 4 N–H and O–H groups in total. The lowest BCUT2D eigenvalue weighted by atomic mass is 9.78. The molecule has 0 amide bonds. The lowest BCUT2D eigenvalue weighted by Gasteiger charge is -2.27. The van der Waals surface area contributed by atoms with Gasteiger partial charge in [0.05, 0.1) is 11.6 Å². The molecule has 2 aromatic heterocycles. The largest absolute Gasteiger partial charge is 0.494 e. The molecular weight excluding hydrogens is 406 g/mol. The van der Waals surface area contributed by atoms with Crippen LogP contribution < -0.4 is 5.32 Å². The Morgan fingerprint density at radius 2 is 1.85 bits per heavy atom. The molecular formula is C21H16BrN3O2. The van der Waals surface area contributed by atoms with Gasteiger partial charge in [-0.15, -0.1) is 0 Å². The van der Waals surface area contributed by atoms with Crippen LogP contribution in [0.3, 0.4) is 0 Å². The summed E-state index contributed by atoms with van der Waals surface area (Å²) in [5.41, 5.74) is 6.70. The second-order valence-electron chi connectivity index (χ2n) is 7.29. The van der Waals surface area contributed by atoms with Crippen molar-refractivity contribution in [2.24, 2.45) is 7.05 Å². The molecule has 1 aliphatic heterocycles. The van der Waals surface area contributed by atoms with Gasteiger partial charge in [0.25, 0.3) is 0 Å². The summed E-state index contributed by atoms with van der Waals surface area (Å²) in [4.78, 5) is 3.56. The van der Waals surface area contributed by atoms with Crippen molar-refractivity contribution in [3.05, 3.63) is 63.8 Å². The van der Waals surface area contributed by atoms with E-state index in [0.717, 1.165) is 43.4 Å². The molecule has 3 heterocycles. The fraction of sp³-hybridized carbons (Fsp3) is 0.143. The molecule has 2 aromatic carbocycles. The number of H-pyrrole nitrogens is 1. The average Bonchev–Trinajstić information content (AvgIpc) is 3.29. The number of benzene rings is 2. The van der Waals surface area contributed by atoms with E-state index in [9.17, 15) is 10.2 Å². The van der Waals surface area contributed by atoms with Gasteiger partial charge < -0.3 is 20.5 Å². The predicted octanol–water partition coefficient (Wildman–Crippen LogP) is 4.96. The van der Waals surface area contributed by atoms with Crippen molar-refractivity contribution >= 4 is 32.5 Å². The Morgan fingerprint density at radius 3 is 2.70 bits per heavy atom. The van der Waals surface area contributed by atoms with E-state index in [-0.39, 0.29) is 23.7 Å². The topological polar surface area (TPSA) is 73.2 Å². The summed E-state index contributed by atoms with van der Waals surface area (Å²) >= 11 is 3.56. The van der Waals surface area contributed by atoms with Crippen molar-refractivity contribution in [2.75, 3.05) is 5.32 Å². The summed E-state index contributed by atoms with van der Waals surface area (Å²) in [6.07, 6.45) is 0. The molecule has 2 aliphatic rings. The summed E-state index contributed by atoms with van der Waals surface area (Å²) in [6, 6.07) is 14.2. The average molecular weight is 422 g/mol. The molecule has 1 aliphatic carbocycles. The second-order valence-corrected chi connectivity index (χ2v) is 8.20. The lowest BCUT2D eigenvalue weighted by Crippen LogP contribution is -2.18. The molecule has 6 heteroatoms. The fourth-order valence-corrected chi connectivity index (χ4v) is 5.16. The highest BCUT2D eigenvalue weighted by Gasteiger charge is 2.46. The number of fused-ring (bicyclic) bond motifs is 10. The number of hydrogen-bond acceptors (Lipinski definition) is 3. The highest BCUT2D eigenvalue weighted by Crippen LogP contribution is 2.61. The molecule has 2 atom stereocenters. The van der Waals surface area contributed by atoms with Gasteiger partial charge in [0.1, 0.15) is 0 Å². The Kier molecular flexibility index (Phi) is 2.76. The van der Waals surface area contributed by atoms with Gasteiger partial charge in [-0.25, -0.2) is 0 Å². The molecule has 0 bridgehead atoms. The van der Waals surface area contributed by atoms with E-state index in [1.165, 1.54) is 4.57 Å². The van der Waals surface area contributed by atoms with Crippen molar-refractivity contribution in [2.45, 2.75) is 12.0 Å². The van der Waals surface area contributed by atoms with Crippen LogP contribution in [0.2, 0.25) is 0 Å². The summed E-state index contributed by atoms with van der Waals surface area (Å²) in [5, 5.41) is 26.4. The van der Waals surface area contributed by atoms with Crippen molar-refractivity contribution < 1.29 is 10.2 Å². The fourth-order valence-electron chi connectivity index (χ4n) is 4.80. The first-order valence-corrected chi connectivity index (χ1v) is 9.63. The number of halogens is 1. The van der Waals surface area contributed by atoms with Crippen LogP contribution in [0.4, 0.5) is 5.69 Å². The number of aromatic hydroxyl groups is 2. The molecule has 6 rings (SSSR count). The van der Waals surface area contributed by atoms with E-state index >= 15 is 0 Å². The van der Waals surface area contributed by atoms with Crippen LogP contribution in [0.1, 0.15) is 28.8 Å². The number of hydrogen-bond donors (Lipinski definition) is 4. The maximum absolute atomic E-state index is 10.9. The Morgan fingerprint density at radius 1 is 1.04 bits per heavy atom. The minimum atomic E-state index is -0.0627. The number of aromatic nitrogens is 2. The molecule has 27 heavy (non-hydrogen) atoms. The summed E-state index contributed by atoms with van der Waals surface area (Å²) in [6.45, 7) is 0. The Labute approximate surface area is 163 Å². The minimum absolute atomic E-state index is 0.0243. The lowest BCUT2D eigenvalue weighted by molar-refractivity contribution is 0.384. The van der Waals surface area contributed by atoms with Crippen LogP contribution in [-0.4, -0.2) is 19.8 Å². The van der Waals surface area contributed by atoms with E-state index in [2.05, 4.69) is 44.4 Å². The SMILES string of the molecule is Cn1c(O)c2c(c1O)C1c3ccccc3NC1c1[nH]c3ccc(Br)cc3c1-2. The van der Waals surface area contributed by atoms with Crippen LogP contribution in [0, 0.1) is 0 Å². The smallest absolute Gasteiger partial charge is 0.202 e. The molecule has 134 valence electrons. The van der Waals surface area contributed by atoms with Crippen LogP contribution in [0.25, 0.3) is 22.0 Å². The first kappa shape index (κ1) is 15.2. The number of rotatable bonds is 0. The first-order chi connectivity index (χ1) is 13.1. The zero-order valence-electron chi connectivity index (χ0n) is 14.4. The van der Waals surface area contributed by atoms with Crippen LogP contribution in [0.5, 0.6) is 11.8 Å². The standard InChI is InChI=1S/C21H16BrN3O2/c1-25-20(26)16-14-10-4-2-3-5-12(10)23-18(14)19-15(17(16)21(25)27)11-8-9(22)6-7-13(11)24-19/h2-8,14,18,23-24,26-27H,1H3. The molecule has 0 radical (unpaired) electrons. The van der Waals surface area contributed by atoms with Crippen LogP contribution in [-0.2, 0) is 7.05 Å². The second kappa shape index (κ2) is 4.89. The van der Waals surface area contributed by atoms with Crippen molar-refractivity contribution in [1.82, 2.24) is 9.55 Å². The van der Waals surface area contributed by atoms with Gasteiger partial charge in [0, 0.05) is 50.8 Å². The number of nitrogens with zero attached hydrogens (tertiary/aromatic N) is 1. The zero-order chi connectivity index (χ0) is 18.4. The van der Waals surface area contributed by atoms with Gasteiger partial charge in [0.15, 0.2) is 5.88 Å². The Hall–Kier alpha value is -2.86. The maximum atomic E-state index is 10.9. The minimum Gasteiger partial charge on any atom is -0.494 e. The number of anilines is 1. The molecule has 0 saturated carbocycles. The number of aromatic amines is 1. The van der Waals surface area contributed by atoms with Crippen LogP contribution >= 0.6 is 15.9 Å². The molecule has 0 spiro atoms. The van der Waals surface area contributed by atoms with Crippen molar-refractivity contribution in [3.8, 4) is 22.9 Å². The Bertz CT molecular complexity index is 1270. The van der Waals surface area contributed by atoms with Gasteiger partial charge in [0.2, 0.25) is 5.88 Å². The predicted molar refractivity (Wildman–Crippen MR) is 108 cm³/mol. The number of para-hydroxylation sites is 1. The molecule has 4 aromatic rings. The van der Waals surface area contributed by atoms with E-state index < -0.39 is 0 Å². The first-order valence-electron chi connectivity index (χ1n) is 8.83. The zero-order valence-corrected chi connectivity index (χ0v) is 16.0. The quantitative estimate of drug-likeness (QED) is 0.324. The molecule has 0 saturated heterocycles. The normalized spacial score (nSPS) is 19.3. The van der Waals surface area contributed by atoms with Gasteiger partial charge in [-0.05, 0) is 29.8 Å². The van der Waals surface area contributed by atoms with Crippen molar-refractivity contribution in [3.63, 3.8) is 0 Å². The van der Waals surface area contributed by atoms with Crippen molar-refractivity contribution in [1.29, 1.82) is 0 Å². The molecule has 0 fully saturated rings. The van der Waals surface area contributed by atoms with Gasteiger partial charge in [-0.2, -0.15) is 0 Å². The molecule has 2 unspecified atom stereocenters. The van der Waals surface area contributed by atoms with Gasteiger partial charge >= 0.3 is 0 Å². The van der Waals surface area contributed by atoms with Gasteiger partial charge in [-0.1, -0.05) is 34.1 Å². The third-order valence-corrected chi connectivity index (χ3v) is 6.46. The molecule has 5 nitrogen and oxygen atoms in total. The monoisotopic (exact) mass is 421 g/mol. The Balaban J connectivity index is 1.78. The third-order valence-electron chi connectivity index (χ3n) is 5.97. The highest BCUT2D eigenvalue weighted by molar-refractivity contribution is 9.10. The van der Waals surface area contributed by atoms with Crippen LogP contribution in [0.15, 0.2) is 46.9 Å². The van der Waals surface area contributed by atoms with E-state index in [1.54, 1.807) is 7.05 Å².